The van der Waals surface area contributed by atoms with Crippen molar-refractivity contribution in [1.82, 2.24) is 10.6 Å². The Morgan fingerprint density at radius 3 is 2.52 bits per heavy atom. The van der Waals surface area contributed by atoms with Gasteiger partial charge in [0.25, 0.3) is 5.91 Å². The molecule has 8 heteroatoms. The normalized spacial score (nSPS) is 13.1. The molecule has 1 aromatic carbocycles. The molecule has 1 aromatic rings. The summed E-state index contributed by atoms with van der Waals surface area (Å²) >= 11 is 0. The minimum absolute atomic E-state index is 0.0559. The number of hydrogen-bond acceptors (Lipinski definition) is 4. The molecular formula is C13H15FN2O5. The van der Waals surface area contributed by atoms with Gasteiger partial charge >= 0.3 is 5.97 Å². The van der Waals surface area contributed by atoms with Crippen LogP contribution in [0.3, 0.4) is 0 Å². The third-order valence-corrected chi connectivity index (χ3v) is 2.59. The molecule has 0 aliphatic carbocycles. The van der Waals surface area contributed by atoms with Crippen molar-refractivity contribution >= 4 is 17.8 Å². The highest BCUT2D eigenvalue weighted by molar-refractivity contribution is 5.96. The van der Waals surface area contributed by atoms with Crippen molar-refractivity contribution in [1.29, 1.82) is 0 Å². The summed E-state index contributed by atoms with van der Waals surface area (Å²) in [4.78, 5) is 33.6. The van der Waals surface area contributed by atoms with Gasteiger partial charge in [-0.25, -0.2) is 9.18 Å². The Balaban J connectivity index is 2.43. The fourth-order valence-electron chi connectivity index (χ4n) is 1.30. The van der Waals surface area contributed by atoms with E-state index in [0.717, 1.165) is 13.0 Å². The van der Waals surface area contributed by atoms with Crippen LogP contribution in [0.5, 0.6) is 0 Å². The maximum Gasteiger partial charge on any atom is 0.337 e. The first-order valence-electron chi connectivity index (χ1n) is 5.98. The SMILES string of the molecule is CC(O)(CNC(=O)CNC(=O)c1cccc(F)c1)C(=O)O. The lowest BCUT2D eigenvalue weighted by Gasteiger charge is -2.18. The van der Waals surface area contributed by atoms with Crippen LogP contribution in [0.1, 0.15) is 17.3 Å². The van der Waals surface area contributed by atoms with Crippen LogP contribution in [0.4, 0.5) is 4.39 Å². The minimum Gasteiger partial charge on any atom is -0.479 e. The van der Waals surface area contributed by atoms with Gasteiger partial charge in [0, 0.05) is 5.56 Å². The molecule has 0 saturated carbocycles. The predicted octanol–water partition coefficient (Wildman–Crippen LogP) is -0.493. The number of aliphatic hydroxyl groups is 1. The van der Waals surface area contributed by atoms with Gasteiger partial charge in [-0.15, -0.1) is 0 Å². The lowest BCUT2D eigenvalue weighted by molar-refractivity contribution is -0.156. The largest absolute Gasteiger partial charge is 0.479 e. The zero-order valence-electron chi connectivity index (χ0n) is 11.2. The zero-order chi connectivity index (χ0) is 16.0. The Kier molecular flexibility index (Phi) is 5.37. The minimum atomic E-state index is -2.10. The molecule has 0 saturated heterocycles. The van der Waals surface area contributed by atoms with Crippen LogP contribution in [0, 0.1) is 5.82 Å². The molecule has 1 atom stereocenters. The second-order valence-corrected chi connectivity index (χ2v) is 4.55. The molecule has 0 fully saturated rings. The van der Waals surface area contributed by atoms with Crippen LogP contribution in [-0.2, 0) is 9.59 Å². The fourth-order valence-corrected chi connectivity index (χ4v) is 1.30. The van der Waals surface area contributed by atoms with Crippen molar-refractivity contribution in [3.8, 4) is 0 Å². The molecular weight excluding hydrogens is 283 g/mol. The average Bonchev–Trinajstić information content (AvgIpc) is 2.42. The number of carboxylic acids is 1. The summed E-state index contributed by atoms with van der Waals surface area (Å²) in [6.07, 6.45) is 0. The highest BCUT2D eigenvalue weighted by atomic mass is 19.1. The summed E-state index contributed by atoms with van der Waals surface area (Å²) in [6.45, 7) is 0.100. The number of hydrogen-bond donors (Lipinski definition) is 4. The quantitative estimate of drug-likeness (QED) is 0.565. The standard InChI is InChI=1S/C13H15FN2O5/c1-13(21,12(19)20)7-16-10(17)6-15-11(18)8-3-2-4-9(14)5-8/h2-5,21H,6-7H2,1H3,(H,15,18)(H,16,17)(H,19,20). The highest BCUT2D eigenvalue weighted by Crippen LogP contribution is 2.03. The van der Waals surface area contributed by atoms with E-state index in [0.29, 0.717) is 0 Å². The molecule has 4 N–H and O–H groups in total. The summed E-state index contributed by atoms with van der Waals surface area (Å²) in [5.74, 6) is -3.38. The van der Waals surface area contributed by atoms with Gasteiger partial charge in [-0.1, -0.05) is 6.07 Å². The van der Waals surface area contributed by atoms with Crippen LogP contribution in [0.25, 0.3) is 0 Å². The van der Waals surface area contributed by atoms with E-state index in [1.54, 1.807) is 0 Å². The summed E-state index contributed by atoms with van der Waals surface area (Å²) in [7, 11) is 0. The Labute approximate surface area is 119 Å². The molecule has 2 amide bonds. The Hall–Kier alpha value is -2.48. The van der Waals surface area contributed by atoms with Crippen LogP contribution < -0.4 is 10.6 Å². The number of aliphatic carboxylic acids is 1. The van der Waals surface area contributed by atoms with E-state index in [4.69, 9.17) is 5.11 Å². The van der Waals surface area contributed by atoms with E-state index >= 15 is 0 Å². The predicted molar refractivity (Wildman–Crippen MR) is 70.0 cm³/mol. The molecule has 1 unspecified atom stereocenters. The molecule has 0 aliphatic rings. The second-order valence-electron chi connectivity index (χ2n) is 4.55. The topological polar surface area (TPSA) is 116 Å². The van der Waals surface area contributed by atoms with Crippen molar-refractivity contribution in [3.05, 3.63) is 35.6 Å². The summed E-state index contributed by atoms with van der Waals surface area (Å²) in [5.41, 5.74) is -2.04. The van der Waals surface area contributed by atoms with Gasteiger partial charge in [-0.3, -0.25) is 9.59 Å². The van der Waals surface area contributed by atoms with Gasteiger partial charge in [0.2, 0.25) is 5.91 Å². The molecule has 0 heterocycles. The average molecular weight is 298 g/mol. The van der Waals surface area contributed by atoms with Crippen LogP contribution >= 0.6 is 0 Å². The Morgan fingerprint density at radius 2 is 1.95 bits per heavy atom. The second kappa shape index (κ2) is 6.80. The van der Waals surface area contributed by atoms with E-state index in [-0.39, 0.29) is 5.56 Å². The molecule has 0 bridgehead atoms. The molecule has 0 aliphatic heterocycles. The number of carboxylic acid groups (broad SMARTS) is 1. The summed E-state index contributed by atoms with van der Waals surface area (Å²) in [6, 6.07) is 4.93. The number of nitrogens with one attached hydrogen (secondary N) is 2. The number of benzene rings is 1. The van der Waals surface area contributed by atoms with Crippen LogP contribution in [-0.4, -0.2) is 46.7 Å². The number of amides is 2. The van der Waals surface area contributed by atoms with E-state index < -0.39 is 42.3 Å². The van der Waals surface area contributed by atoms with Crippen LogP contribution in [0.2, 0.25) is 0 Å². The monoisotopic (exact) mass is 298 g/mol. The number of rotatable bonds is 6. The van der Waals surface area contributed by atoms with Crippen molar-refractivity contribution in [2.45, 2.75) is 12.5 Å². The third kappa shape index (κ3) is 5.19. The van der Waals surface area contributed by atoms with Gasteiger partial charge in [0.1, 0.15) is 5.82 Å². The Morgan fingerprint density at radius 1 is 1.29 bits per heavy atom. The Bertz CT molecular complexity index is 559. The third-order valence-electron chi connectivity index (χ3n) is 2.59. The van der Waals surface area contributed by atoms with Crippen LogP contribution in [0.15, 0.2) is 24.3 Å². The molecule has 7 nitrogen and oxygen atoms in total. The fraction of sp³-hybridized carbons (Fsp3) is 0.308. The number of carbonyl (C=O) groups excluding carboxylic acids is 2. The lowest BCUT2D eigenvalue weighted by atomic mass is 10.1. The zero-order valence-corrected chi connectivity index (χ0v) is 11.2. The smallest absolute Gasteiger partial charge is 0.337 e. The summed E-state index contributed by atoms with van der Waals surface area (Å²) < 4.78 is 12.9. The molecule has 114 valence electrons. The lowest BCUT2D eigenvalue weighted by Crippen LogP contribution is -2.48. The van der Waals surface area contributed by atoms with E-state index in [1.807, 2.05) is 0 Å². The van der Waals surface area contributed by atoms with Crippen molar-refractivity contribution < 1.29 is 29.0 Å². The van der Waals surface area contributed by atoms with Gasteiger partial charge in [-0.05, 0) is 25.1 Å². The summed E-state index contributed by atoms with van der Waals surface area (Å²) in [5, 5.41) is 22.4. The molecule has 1 rings (SSSR count). The van der Waals surface area contributed by atoms with Gasteiger partial charge < -0.3 is 20.8 Å². The number of carbonyl (C=O) groups is 3. The van der Waals surface area contributed by atoms with Gasteiger partial charge in [0.05, 0.1) is 13.1 Å². The first-order chi connectivity index (χ1) is 9.72. The number of halogens is 1. The first kappa shape index (κ1) is 16.6. The molecule has 0 aromatic heterocycles. The van der Waals surface area contributed by atoms with E-state index in [1.165, 1.54) is 18.2 Å². The molecule has 21 heavy (non-hydrogen) atoms. The van der Waals surface area contributed by atoms with Gasteiger partial charge in [-0.2, -0.15) is 0 Å². The molecule has 0 spiro atoms. The highest BCUT2D eigenvalue weighted by Gasteiger charge is 2.30. The molecule has 0 radical (unpaired) electrons. The van der Waals surface area contributed by atoms with Crippen molar-refractivity contribution in [3.63, 3.8) is 0 Å². The maximum atomic E-state index is 12.9. The van der Waals surface area contributed by atoms with Crippen molar-refractivity contribution in [2.75, 3.05) is 13.1 Å². The van der Waals surface area contributed by atoms with E-state index in [2.05, 4.69) is 10.6 Å². The first-order valence-corrected chi connectivity index (χ1v) is 5.98. The van der Waals surface area contributed by atoms with Crippen molar-refractivity contribution in [2.24, 2.45) is 0 Å². The van der Waals surface area contributed by atoms with E-state index in [9.17, 15) is 23.9 Å². The van der Waals surface area contributed by atoms with Gasteiger partial charge in [0.15, 0.2) is 5.60 Å². The maximum absolute atomic E-state index is 12.9.